The number of nitrogens with zero attached hydrogens (tertiary/aromatic N) is 1. The minimum absolute atomic E-state index is 0.220. The van der Waals surface area contributed by atoms with Crippen LogP contribution in [0.4, 0.5) is 10.5 Å². The van der Waals surface area contributed by atoms with Gasteiger partial charge in [-0.05, 0) is 37.8 Å². The lowest BCUT2D eigenvalue weighted by atomic mass is 10.2. The first-order valence-electron chi connectivity index (χ1n) is 8.08. The summed E-state index contributed by atoms with van der Waals surface area (Å²) in [5, 5.41) is 5.65. The molecule has 1 aromatic heterocycles. The summed E-state index contributed by atoms with van der Waals surface area (Å²) in [5.74, 6) is 0.812. The summed E-state index contributed by atoms with van der Waals surface area (Å²) < 4.78 is 5.94. The first-order valence-corrected chi connectivity index (χ1v) is 8.08. The highest BCUT2D eigenvalue weighted by Gasteiger charge is 2.16. The number of urea groups is 1. The molecule has 0 atom stereocenters. The van der Waals surface area contributed by atoms with Crippen LogP contribution >= 0.6 is 0 Å². The molecule has 6 heteroatoms. The van der Waals surface area contributed by atoms with Gasteiger partial charge in [-0.3, -0.25) is 0 Å². The Kier molecular flexibility index (Phi) is 5.13. The van der Waals surface area contributed by atoms with Gasteiger partial charge in [-0.25, -0.2) is 9.78 Å². The zero-order chi connectivity index (χ0) is 15.9. The molecule has 1 aliphatic carbocycles. The highest BCUT2D eigenvalue weighted by atomic mass is 16.5. The van der Waals surface area contributed by atoms with E-state index in [9.17, 15) is 4.79 Å². The van der Waals surface area contributed by atoms with Crippen LogP contribution in [0.5, 0.6) is 5.75 Å². The number of aromatic nitrogens is 2. The number of H-pyrrole nitrogens is 1. The van der Waals surface area contributed by atoms with Crippen LogP contribution in [0, 0.1) is 0 Å². The molecule has 1 heterocycles. The van der Waals surface area contributed by atoms with Crippen molar-refractivity contribution in [2.45, 2.75) is 38.2 Å². The van der Waals surface area contributed by atoms with Gasteiger partial charge in [-0.1, -0.05) is 6.07 Å². The molecular formula is C17H22N4O2. The summed E-state index contributed by atoms with van der Waals surface area (Å²) in [6, 6.07) is 7.33. The fraction of sp³-hybridized carbons (Fsp3) is 0.412. The average molecular weight is 314 g/mol. The van der Waals surface area contributed by atoms with E-state index < -0.39 is 0 Å². The zero-order valence-electron chi connectivity index (χ0n) is 13.0. The predicted molar refractivity (Wildman–Crippen MR) is 88.6 cm³/mol. The third kappa shape index (κ3) is 4.74. The van der Waals surface area contributed by atoms with Crippen molar-refractivity contribution in [3.63, 3.8) is 0 Å². The van der Waals surface area contributed by atoms with Crippen molar-refractivity contribution in [2.75, 3.05) is 11.9 Å². The lowest BCUT2D eigenvalue weighted by molar-refractivity contribution is 0.210. The number of imidazole rings is 1. The Labute approximate surface area is 135 Å². The summed E-state index contributed by atoms with van der Waals surface area (Å²) in [6.07, 6.45) is 9.13. The van der Waals surface area contributed by atoms with Gasteiger partial charge in [0.1, 0.15) is 5.75 Å². The number of carbonyl (C=O) groups is 1. The van der Waals surface area contributed by atoms with Crippen molar-refractivity contribution in [1.29, 1.82) is 0 Å². The van der Waals surface area contributed by atoms with Gasteiger partial charge in [-0.2, -0.15) is 0 Å². The minimum Gasteiger partial charge on any atom is -0.490 e. The molecule has 0 saturated heterocycles. The van der Waals surface area contributed by atoms with E-state index in [-0.39, 0.29) is 6.03 Å². The molecule has 23 heavy (non-hydrogen) atoms. The largest absolute Gasteiger partial charge is 0.490 e. The van der Waals surface area contributed by atoms with E-state index in [1.54, 1.807) is 12.5 Å². The lowest BCUT2D eigenvalue weighted by Crippen LogP contribution is -2.30. The molecule has 1 saturated carbocycles. The van der Waals surface area contributed by atoms with Gasteiger partial charge >= 0.3 is 6.03 Å². The van der Waals surface area contributed by atoms with Gasteiger partial charge in [0.15, 0.2) is 0 Å². The van der Waals surface area contributed by atoms with E-state index in [0.717, 1.165) is 36.4 Å². The van der Waals surface area contributed by atoms with E-state index in [1.165, 1.54) is 12.8 Å². The molecule has 0 unspecified atom stereocenters. The second-order valence-electron chi connectivity index (χ2n) is 5.76. The highest BCUT2D eigenvalue weighted by Crippen LogP contribution is 2.25. The van der Waals surface area contributed by atoms with Crippen LogP contribution in [0.3, 0.4) is 0 Å². The Morgan fingerprint density at radius 2 is 2.22 bits per heavy atom. The van der Waals surface area contributed by atoms with Gasteiger partial charge in [-0.15, -0.1) is 0 Å². The Morgan fingerprint density at radius 3 is 3.00 bits per heavy atom. The van der Waals surface area contributed by atoms with Gasteiger partial charge in [0.05, 0.1) is 12.4 Å². The van der Waals surface area contributed by atoms with E-state index in [4.69, 9.17) is 4.74 Å². The van der Waals surface area contributed by atoms with Crippen molar-refractivity contribution in [3.8, 4) is 5.75 Å². The zero-order valence-corrected chi connectivity index (χ0v) is 13.0. The molecule has 3 rings (SSSR count). The van der Waals surface area contributed by atoms with Crippen LogP contribution in [0.25, 0.3) is 0 Å². The second-order valence-corrected chi connectivity index (χ2v) is 5.76. The Balaban J connectivity index is 1.45. The average Bonchev–Trinajstić information content (AvgIpc) is 3.21. The number of rotatable bonds is 6. The molecule has 0 radical (unpaired) electrons. The third-order valence-corrected chi connectivity index (χ3v) is 3.93. The molecule has 3 N–H and O–H groups in total. The molecular weight excluding hydrogens is 292 g/mol. The van der Waals surface area contributed by atoms with Gasteiger partial charge < -0.3 is 20.4 Å². The topological polar surface area (TPSA) is 79.0 Å². The number of amides is 2. The van der Waals surface area contributed by atoms with Crippen LogP contribution in [-0.2, 0) is 6.42 Å². The minimum atomic E-state index is -0.220. The first kappa shape index (κ1) is 15.4. The van der Waals surface area contributed by atoms with Crippen molar-refractivity contribution in [2.24, 2.45) is 0 Å². The molecule has 2 amide bonds. The molecule has 0 bridgehead atoms. The van der Waals surface area contributed by atoms with Crippen LogP contribution in [0.1, 0.15) is 31.4 Å². The predicted octanol–water partition coefficient (Wildman–Crippen LogP) is 3.10. The van der Waals surface area contributed by atoms with E-state index in [0.29, 0.717) is 12.6 Å². The number of hydrogen-bond donors (Lipinski definition) is 3. The highest BCUT2D eigenvalue weighted by molar-refractivity contribution is 5.89. The number of anilines is 1. The molecule has 1 aromatic carbocycles. The number of carbonyl (C=O) groups excluding carboxylic acids is 1. The van der Waals surface area contributed by atoms with Crippen molar-refractivity contribution in [3.05, 3.63) is 42.5 Å². The fourth-order valence-corrected chi connectivity index (χ4v) is 2.75. The van der Waals surface area contributed by atoms with Crippen LogP contribution in [0.15, 0.2) is 36.8 Å². The summed E-state index contributed by atoms with van der Waals surface area (Å²) in [4.78, 5) is 18.9. The second kappa shape index (κ2) is 7.67. The maximum absolute atomic E-state index is 11.9. The first-order chi connectivity index (χ1) is 11.3. The molecule has 122 valence electrons. The number of aromatic amines is 1. The molecule has 0 spiro atoms. The summed E-state index contributed by atoms with van der Waals surface area (Å²) in [6.45, 7) is 0.548. The van der Waals surface area contributed by atoms with Crippen molar-refractivity contribution < 1.29 is 9.53 Å². The Morgan fingerprint density at radius 1 is 1.35 bits per heavy atom. The number of benzene rings is 1. The van der Waals surface area contributed by atoms with Crippen LogP contribution in [0.2, 0.25) is 0 Å². The van der Waals surface area contributed by atoms with Crippen molar-refractivity contribution in [1.82, 2.24) is 15.3 Å². The summed E-state index contributed by atoms with van der Waals surface area (Å²) in [7, 11) is 0. The van der Waals surface area contributed by atoms with Gasteiger partial charge in [0, 0.05) is 36.6 Å². The SMILES string of the molecule is O=C(NCCc1cnc[nH]1)Nc1cccc(OC2CCCC2)c1. The van der Waals surface area contributed by atoms with E-state index in [2.05, 4.69) is 20.6 Å². The summed E-state index contributed by atoms with van der Waals surface area (Å²) >= 11 is 0. The van der Waals surface area contributed by atoms with E-state index >= 15 is 0 Å². The third-order valence-electron chi connectivity index (χ3n) is 3.93. The van der Waals surface area contributed by atoms with E-state index in [1.807, 2.05) is 24.3 Å². The Hall–Kier alpha value is -2.50. The van der Waals surface area contributed by atoms with Gasteiger partial charge in [0.25, 0.3) is 0 Å². The monoisotopic (exact) mass is 314 g/mol. The molecule has 0 aliphatic heterocycles. The van der Waals surface area contributed by atoms with Gasteiger partial charge in [0.2, 0.25) is 0 Å². The fourth-order valence-electron chi connectivity index (χ4n) is 2.75. The van der Waals surface area contributed by atoms with Crippen LogP contribution in [-0.4, -0.2) is 28.6 Å². The smallest absolute Gasteiger partial charge is 0.319 e. The number of nitrogens with one attached hydrogen (secondary N) is 3. The number of hydrogen-bond acceptors (Lipinski definition) is 3. The maximum atomic E-state index is 11.9. The quantitative estimate of drug-likeness (QED) is 0.766. The maximum Gasteiger partial charge on any atom is 0.319 e. The molecule has 1 aliphatic rings. The number of ether oxygens (including phenoxy) is 1. The Bertz CT molecular complexity index is 621. The van der Waals surface area contributed by atoms with Crippen LogP contribution < -0.4 is 15.4 Å². The molecule has 2 aromatic rings. The standard InChI is InChI=1S/C17H22N4O2/c22-17(19-9-8-14-11-18-12-20-14)21-13-4-3-7-16(10-13)23-15-5-1-2-6-15/h3-4,7,10-12,15H,1-2,5-6,8-9H2,(H,18,20)(H2,19,21,22). The van der Waals surface area contributed by atoms with Crippen molar-refractivity contribution >= 4 is 11.7 Å². The summed E-state index contributed by atoms with van der Waals surface area (Å²) in [5.41, 5.74) is 1.73. The normalized spacial score (nSPS) is 14.6. The lowest BCUT2D eigenvalue weighted by Gasteiger charge is -2.14. The molecule has 6 nitrogen and oxygen atoms in total. The molecule has 1 fully saturated rings.